The minimum absolute atomic E-state index is 0.0323. The van der Waals surface area contributed by atoms with Crippen LogP contribution < -0.4 is 4.74 Å². The van der Waals surface area contributed by atoms with Crippen LogP contribution in [0.2, 0.25) is 15.1 Å². The second-order valence-electron chi connectivity index (χ2n) is 7.23. The Hall–Kier alpha value is -0.970. The van der Waals surface area contributed by atoms with Gasteiger partial charge in [-0.25, -0.2) is 0 Å². The molecular weight excluding hydrogens is 387 g/mol. The molecule has 25 heavy (non-hydrogen) atoms. The summed E-state index contributed by atoms with van der Waals surface area (Å²) >= 11 is 17.7. The Labute approximate surface area is 163 Å². The molecule has 0 aromatic heterocycles. The number of carbonyl (C=O) groups excluding carboxylic acids is 2. The van der Waals surface area contributed by atoms with Crippen LogP contribution in [0.3, 0.4) is 0 Å². The SMILES string of the molecule is CC(COC(=O)CCC(=O)Oc1c(Cl)cc(Cl)cc1Cl)CC(C)(C)C. The molecule has 1 aromatic carbocycles. The molecule has 0 saturated carbocycles. The molecule has 1 rings (SSSR count). The second-order valence-corrected chi connectivity index (χ2v) is 8.48. The first-order valence-electron chi connectivity index (χ1n) is 7.99. The molecule has 0 saturated heterocycles. The molecule has 0 radical (unpaired) electrons. The zero-order valence-electron chi connectivity index (χ0n) is 14.8. The Kier molecular flexibility index (Phi) is 8.52. The van der Waals surface area contributed by atoms with Gasteiger partial charge in [-0.15, -0.1) is 0 Å². The lowest BCUT2D eigenvalue weighted by Crippen LogP contribution is -2.18. The van der Waals surface area contributed by atoms with Crippen molar-refractivity contribution in [1.82, 2.24) is 0 Å². The van der Waals surface area contributed by atoms with Gasteiger partial charge in [0.25, 0.3) is 0 Å². The van der Waals surface area contributed by atoms with E-state index in [-0.39, 0.29) is 40.0 Å². The van der Waals surface area contributed by atoms with Gasteiger partial charge in [-0.05, 0) is 29.9 Å². The highest BCUT2D eigenvalue weighted by Gasteiger charge is 2.18. The molecule has 0 N–H and O–H groups in total. The second kappa shape index (κ2) is 9.65. The average molecular weight is 410 g/mol. The lowest BCUT2D eigenvalue weighted by molar-refractivity contribution is -0.148. The van der Waals surface area contributed by atoms with Gasteiger partial charge in [-0.2, -0.15) is 0 Å². The summed E-state index contributed by atoms with van der Waals surface area (Å²) in [4.78, 5) is 23.6. The van der Waals surface area contributed by atoms with Crippen molar-refractivity contribution in [3.63, 3.8) is 0 Å². The van der Waals surface area contributed by atoms with Crippen molar-refractivity contribution < 1.29 is 19.1 Å². The molecular formula is C18H23Cl3O4. The normalized spacial score (nSPS) is 12.6. The first kappa shape index (κ1) is 22.1. The molecule has 0 amide bonds. The molecule has 1 atom stereocenters. The van der Waals surface area contributed by atoms with Gasteiger partial charge in [-0.3, -0.25) is 9.59 Å². The van der Waals surface area contributed by atoms with Gasteiger partial charge in [-0.1, -0.05) is 62.5 Å². The van der Waals surface area contributed by atoms with Gasteiger partial charge in [0.2, 0.25) is 0 Å². The minimum atomic E-state index is -0.620. The van der Waals surface area contributed by atoms with Crippen LogP contribution in [-0.4, -0.2) is 18.5 Å². The summed E-state index contributed by atoms with van der Waals surface area (Å²) in [6.07, 6.45) is 0.752. The highest BCUT2D eigenvalue weighted by molar-refractivity contribution is 6.40. The van der Waals surface area contributed by atoms with Crippen molar-refractivity contribution in [2.45, 2.75) is 47.0 Å². The number of esters is 2. The summed E-state index contributed by atoms with van der Waals surface area (Å²) in [5.41, 5.74) is 0.173. The first-order chi connectivity index (χ1) is 11.5. The van der Waals surface area contributed by atoms with Crippen molar-refractivity contribution in [3.8, 4) is 5.75 Å². The van der Waals surface area contributed by atoms with Crippen molar-refractivity contribution in [2.24, 2.45) is 11.3 Å². The lowest BCUT2D eigenvalue weighted by atomic mass is 9.86. The quantitative estimate of drug-likeness (QED) is 0.412. The maximum Gasteiger partial charge on any atom is 0.311 e. The number of hydrogen-bond donors (Lipinski definition) is 0. The molecule has 1 unspecified atom stereocenters. The van der Waals surface area contributed by atoms with Crippen LogP contribution in [0.4, 0.5) is 0 Å². The van der Waals surface area contributed by atoms with Gasteiger partial charge in [0.05, 0.1) is 29.5 Å². The summed E-state index contributed by atoms with van der Waals surface area (Å²) < 4.78 is 10.3. The standard InChI is InChI=1S/C18H23Cl3O4/c1-11(9-18(2,3)4)10-24-15(22)5-6-16(23)25-17-13(20)7-12(19)8-14(17)21/h7-8,11H,5-6,9-10H2,1-4H3. The molecule has 0 aliphatic heterocycles. The van der Waals surface area contributed by atoms with Gasteiger partial charge in [0.1, 0.15) is 0 Å². The Bertz CT molecular complexity index is 600. The van der Waals surface area contributed by atoms with E-state index < -0.39 is 11.9 Å². The number of carbonyl (C=O) groups is 2. The third kappa shape index (κ3) is 8.80. The molecule has 4 nitrogen and oxygen atoms in total. The predicted octanol–water partition coefficient (Wildman–Crippen LogP) is 5.95. The maximum atomic E-state index is 11.9. The topological polar surface area (TPSA) is 52.6 Å². The van der Waals surface area contributed by atoms with Crippen LogP contribution in [0.15, 0.2) is 12.1 Å². The van der Waals surface area contributed by atoms with E-state index in [9.17, 15) is 9.59 Å². The van der Waals surface area contributed by atoms with Gasteiger partial charge in [0, 0.05) is 5.02 Å². The highest BCUT2D eigenvalue weighted by atomic mass is 35.5. The zero-order valence-corrected chi connectivity index (χ0v) is 17.1. The molecule has 140 valence electrons. The van der Waals surface area contributed by atoms with Crippen LogP contribution >= 0.6 is 34.8 Å². The largest absolute Gasteiger partial charge is 0.465 e. The molecule has 0 aliphatic rings. The lowest BCUT2D eigenvalue weighted by Gasteiger charge is -2.22. The number of rotatable bonds is 7. The Morgan fingerprint density at radius 2 is 1.56 bits per heavy atom. The molecule has 7 heteroatoms. The summed E-state index contributed by atoms with van der Waals surface area (Å²) in [6.45, 7) is 8.76. The number of benzene rings is 1. The smallest absolute Gasteiger partial charge is 0.311 e. The van der Waals surface area contributed by atoms with E-state index >= 15 is 0 Å². The van der Waals surface area contributed by atoms with Crippen LogP contribution in [-0.2, 0) is 14.3 Å². The molecule has 0 fully saturated rings. The van der Waals surface area contributed by atoms with Crippen molar-refractivity contribution >= 4 is 46.7 Å². The van der Waals surface area contributed by atoms with Crippen molar-refractivity contribution in [2.75, 3.05) is 6.61 Å². The number of halogens is 3. The van der Waals surface area contributed by atoms with Crippen molar-refractivity contribution in [3.05, 3.63) is 27.2 Å². The Balaban J connectivity index is 2.40. The summed E-state index contributed by atoms with van der Waals surface area (Å²) in [5.74, 6) is -0.774. The van der Waals surface area contributed by atoms with E-state index in [1.807, 2.05) is 6.92 Å². The molecule has 1 aromatic rings. The van der Waals surface area contributed by atoms with Crippen molar-refractivity contribution in [1.29, 1.82) is 0 Å². The summed E-state index contributed by atoms with van der Waals surface area (Å²) in [6, 6.07) is 2.84. The van der Waals surface area contributed by atoms with E-state index in [1.165, 1.54) is 12.1 Å². The Morgan fingerprint density at radius 1 is 1.04 bits per heavy atom. The summed E-state index contributed by atoms with van der Waals surface area (Å²) in [7, 11) is 0. The number of hydrogen-bond acceptors (Lipinski definition) is 4. The molecule has 0 heterocycles. The van der Waals surface area contributed by atoms with Gasteiger partial charge < -0.3 is 9.47 Å². The van der Waals surface area contributed by atoms with E-state index in [4.69, 9.17) is 44.3 Å². The monoisotopic (exact) mass is 408 g/mol. The van der Waals surface area contributed by atoms with E-state index in [1.54, 1.807) is 0 Å². The zero-order chi connectivity index (χ0) is 19.2. The van der Waals surface area contributed by atoms with Crippen LogP contribution in [0, 0.1) is 11.3 Å². The minimum Gasteiger partial charge on any atom is -0.465 e. The van der Waals surface area contributed by atoms with Crippen LogP contribution in [0.5, 0.6) is 5.75 Å². The van der Waals surface area contributed by atoms with E-state index in [0.29, 0.717) is 11.6 Å². The molecule has 0 spiro atoms. The third-order valence-electron chi connectivity index (χ3n) is 3.20. The first-order valence-corrected chi connectivity index (χ1v) is 9.12. The predicted molar refractivity (Wildman–Crippen MR) is 101 cm³/mol. The fraction of sp³-hybridized carbons (Fsp3) is 0.556. The third-order valence-corrected chi connectivity index (χ3v) is 3.98. The number of ether oxygens (including phenoxy) is 2. The molecule has 0 aliphatic carbocycles. The van der Waals surface area contributed by atoms with E-state index in [2.05, 4.69) is 20.8 Å². The van der Waals surface area contributed by atoms with Gasteiger partial charge >= 0.3 is 11.9 Å². The Morgan fingerprint density at radius 3 is 2.08 bits per heavy atom. The summed E-state index contributed by atoms with van der Waals surface area (Å²) in [5, 5.41) is 0.594. The van der Waals surface area contributed by atoms with Crippen LogP contribution in [0.1, 0.15) is 47.0 Å². The van der Waals surface area contributed by atoms with Gasteiger partial charge in [0.15, 0.2) is 5.75 Å². The maximum absolute atomic E-state index is 11.9. The van der Waals surface area contributed by atoms with E-state index in [0.717, 1.165) is 6.42 Å². The molecule has 0 bridgehead atoms. The highest BCUT2D eigenvalue weighted by Crippen LogP contribution is 2.36. The average Bonchev–Trinajstić information content (AvgIpc) is 2.45. The fourth-order valence-corrected chi connectivity index (χ4v) is 3.30. The van der Waals surface area contributed by atoms with Crippen LogP contribution in [0.25, 0.3) is 0 Å². The fourth-order valence-electron chi connectivity index (χ4n) is 2.41.